The third kappa shape index (κ3) is 4.44. The van der Waals surface area contributed by atoms with Crippen LogP contribution in [0.2, 0.25) is 0 Å². The number of carbonyl (C=O) groups is 1. The third-order valence-electron chi connectivity index (χ3n) is 3.86. The number of hydrogen-bond donors (Lipinski definition) is 0. The first kappa shape index (κ1) is 14.2. The summed E-state index contributed by atoms with van der Waals surface area (Å²) < 4.78 is 0. The molecule has 1 atom stereocenters. The summed E-state index contributed by atoms with van der Waals surface area (Å²) in [7, 11) is 0. The lowest BCUT2D eigenvalue weighted by molar-refractivity contribution is -0.118. The summed E-state index contributed by atoms with van der Waals surface area (Å²) in [6, 6.07) is 11.0. The molecule has 1 aromatic rings. The Morgan fingerprint density at radius 3 is 2.37 bits per heavy atom. The highest BCUT2D eigenvalue weighted by molar-refractivity contribution is 5.76. The number of carbonyl (C=O) groups excluding carboxylic acids is 1. The van der Waals surface area contributed by atoms with Crippen molar-refractivity contribution in [3.63, 3.8) is 0 Å². The van der Waals surface area contributed by atoms with Crippen LogP contribution < -0.4 is 0 Å². The van der Waals surface area contributed by atoms with Crippen molar-refractivity contribution in [3.05, 3.63) is 35.9 Å². The van der Waals surface area contributed by atoms with Crippen LogP contribution in [0.1, 0.15) is 25.8 Å². The Balaban J connectivity index is 1.78. The monoisotopic (exact) mass is 260 g/mol. The zero-order valence-corrected chi connectivity index (χ0v) is 12.0. The minimum absolute atomic E-state index is 0.291. The normalized spacial score (nSPS) is 19.3. The highest BCUT2D eigenvalue weighted by atomic mass is 16.1. The van der Waals surface area contributed by atoms with Crippen LogP contribution in [0.4, 0.5) is 0 Å². The fourth-order valence-electron chi connectivity index (χ4n) is 2.75. The number of hydrogen-bond acceptors (Lipinski definition) is 3. The Kier molecular flexibility index (Phi) is 5.11. The number of benzene rings is 1. The fraction of sp³-hybridized carbons (Fsp3) is 0.562. The lowest BCUT2D eigenvalue weighted by Gasteiger charge is -2.37. The first-order valence-electron chi connectivity index (χ1n) is 7.15. The topological polar surface area (TPSA) is 23.6 Å². The van der Waals surface area contributed by atoms with Crippen molar-refractivity contribution in [1.29, 1.82) is 0 Å². The van der Waals surface area contributed by atoms with Crippen LogP contribution in [0.15, 0.2) is 30.3 Å². The van der Waals surface area contributed by atoms with Gasteiger partial charge in [-0.3, -0.25) is 14.6 Å². The average molecular weight is 260 g/mol. The molecule has 19 heavy (non-hydrogen) atoms. The van der Waals surface area contributed by atoms with Gasteiger partial charge in [0.05, 0.1) is 0 Å². The molecule has 0 amide bonds. The van der Waals surface area contributed by atoms with E-state index in [-0.39, 0.29) is 0 Å². The minimum atomic E-state index is 0.291. The summed E-state index contributed by atoms with van der Waals surface area (Å²) in [5.41, 5.74) is 1.38. The van der Waals surface area contributed by atoms with Gasteiger partial charge in [0.2, 0.25) is 0 Å². The predicted octanol–water partition coefficient (Wildman–Crippen LogP) is 2.17. The van der Waals surface area contributed by atoms with E-state index in [0.29, 0.717) is 18.2 Å². The van der Waals surface area contributed by atoms with E-state index in [1.807, 2.05) is 0 Å². The maximum atomic E-state index is 11.2. The highest BCUT2D eigenvalue weighted by Crippen LogP contribution is 2.12. The van der Waals surface area contributed by atoms with Gasteiger partial charge in [0, 0.05) is 45.2 Å². The zero-order valence-electron chi connectivity index (χ0n) is 12.0. The summed E-state index contributed by atoms with van der Waals surface area (Å²) >= 11 is 0. The summed E-state index contributed by atoms with van der Waals surface area (Å²) in [5, 5.41) is 0. The second kappa shape index (κ2) is 6.83. The summed E-state index contributed by atoms with van der Waals surface area (Å²) in [5.74, 6) is 0.291. The molecule has 1 aliphatic rings. The second-order valence-corrected chi connectivity index (χ2v) is 5.55. The highest BCUT2D eigenvalue weighted by Gasteiger charge is 2.21. The smallest absolute Gasteiger partial charge is 0.131 e. The van der Waals surface area contributed by atoms with Gasteiger partial charge in [-0.05, 0) is 19.4 Å². The van der Waals surface area contributed by atoms with Crippen LogP contribution in [0, 0.1) is 0 Å². The molecule has 0 bridgehead atoms. The molecular weight excluding hydrogens is 236 g/mol. The Bertz CT molecular complexity index is 396. The molecule has 1 saturated heterocycles. The summed E-state index contributed by atoms with van der Waals surface area (Å²) in [6.07, 6.45) is 0.679. The van der Waals surface area contributed by atoms with Crippen LogP contribution >= 0.6 is 0 Å². The first-order chi connectivity index (χ1) is 9.15. The maximum Gasteiger partial charge on any atom is 0.131 e. The van der Waals surface area contributed by atoms with Gasteiger partial charge in [0.15, 0.2) is 0 Å². The minimum Gasteiger partial charge on any atom is -0.300 e. The number of Topliss-reactive ketones (excluding diaryl/α,β-unsaturated/α-hetero) is 1. The summed E-state index contributed by atoms with van der Waals surface area (Å²) in [6.45, 7) is 9.21. The Labute approximate surface area is 116 Å². The largest absolute Gasteiger partial charge is 0.300 e. The van der Waals surface area contributed by atoms with E-state index in [9.17, 15) is 4.79 Å². The van der Waals surface area contributed by atoms with E-state index in [1.165, 1.54) is 5.56 Å². The number of nitrogens with zero attached hydrogens (tertiary/aromatic N) is 2. The second-order valence-electron chi connectivity index (χ2n) is 5.55. The predicted molar refractivity (Wildman–Crippen MR) is 78.1 cm³/mol. The van der Waals surface area contributed by atoms with E-state index in [1.54, 1.807) is 6.92 Å². The van der Waals surface area contributed by atoms with Crippen LogP contribution in [0.5, 0.6) is 0 Å². The van der Waals surface area contributed by atoms with Gasteiger partial charge in [-0.2, -0.15) is 0 Å². The van der Waals surface area contributed by atoms with E-state index in [4.69, 9.17) is 0 Å². The van der Waals surface area contributed by atoms with Crippen LogP contribution in [-0.4, -0.2) is 47.8 Å². The molecule has 1 aromatic carbocycles. The van der Waals surface area contributed by atoms with E-state index in [2.05, 4.69) is 47.1 Å². The molecule has 3 heteroatoms. The molecule has 0 N–H and O–H groups in total. The Morgan fingerprint density at radius 1 is 1.16 bits per heavy atom. The third-order valence-corrected chi connectivity index (χ3v) is 3.86. The first-order valence-corrected chi connectivity index (χ1v) is 7.15. The molecule has 0 radical (unpaired) electrons. The molecule has 0 aliphatic carbocycles. The number of piperazine rings is 1. The van der Waals surface area contributed by atoms with Crippen LogP contribution in [0.25, 0.3) is 0 Å². The molecule has 0 saturated carbocycles. The van der Waals surface area contributed by atoms with Crippen LogP contribution in [0.3, 0.4) is 0 Å². The molecular formula is C16H24N2O. The molecule has 0 spiro atoms. The van der Waals surface area contributed by atoms with Crippen molar-refractivity contribution in [2.75, 3.05) is 26.2 Å². The molecule has 3 nitrogen and oxygen atoms in total. The standard InChI is InChI=1S/C16H24N2O/c1-14(12-15(2)19)18-10-8-17(9-11-18)13-16-6-4-3-5-7-16/h3-7,14H,8-13H2,1-2H3. The molecule has 0 aromatic heterocycles. The zero-order chi connectivity index (χ0) is 13.7. The van der Waals surface area contributed by atoms with Gasteiger partial charge in [0.1, 0.15) is 5.78 Å². The molecule has 1 heterocycles. The molecule has 1 aliphatic heterocycles. The average Bonchev–Trinajstić information content (AvgIpc) is 2.40. The van der Waals surface area contributed by atoms with E-state index >= 15 is 0 Å². The SMILES string of the molecule is CC(=O)CC(C)N1CCN(Cc2ccccc2)CC1. The number of rotatable bonds is 5. The maximum absolute atomic E-state index is 11.2. The number of ketones is 1. The fourth-order valence-corrected chi connectivity index (χ4v) is 2.75. The van der Waals surface area contributed by atoms with Crippen molar-refractivity contribution < 1.29 is 4.79 Å². The molecule has 104 valence electrons. The van der Waals surface area contributed by atoms with Gasteiger partial charge in [-0.15, -0.1) is 0 Å². The van der Waals surface area contributed by atoms with Gasteiger partial charge in [-0.25, -0.2) is 0 Å². The van der Waals surface area contributed by atoms with Gasteiger partial charge in [0.25, 0.3) is 0 Å². The van der Waals surface area contributed by atoms with Crippen molar-refractivity contribution in [3.8, 4) is 0 Å². The van der Waals surface area contributed by atoms with Crippen LogP contribution in [-0.2, 0) is 11.3 Å². The van der Waals surface area contributed by atoms with Crippen molar-refractivity contribution in [2.24, 2.45) is 0 Å². The lowest BCUT2D eigenvalue weighted by Crippen LogP contribution is -2.49. The van der Waals surface area contributed by atoms with Crippen molar-refractivity contribution in [1.82, 2.24) is 9.80 Å². The van der Waals surface area contributed by atoms with Gasteiger partial charge >= 0.3 is 0 Å². The Morgan fingerprint density at radius 2 is 1.79 bits per heavy atom. The summed E-state index contributed by atoms with van der Waals surface area (Å²) in [4.78, 5) is 16.1. The molecule has 1 unspecified atom stereocenters. The van der Waals surface area contributed by atoms with Gasteiger partial charge < -0.3 is 0 Å². The molecule has 2 rings (SSSR count). The van der Waals surface area contributed by atoms with E-state index in [0.717, 1.165) is 32.7 Å². The molecule has 1 fully saturated rings. The lowest BCUT2D eigenvalue weighted by atomic mass is 10.1. The quantitative estimate of drug-likeness (QED) is 0.810. The van der Waals surface area contributed by atoms with Gasteiger partial charge in [-0.1, -0.05) is 30.3 Å². The van der Waals surface area contributed by atoms with Crippen molar-refractivity contribution >= 4 is 5.78 Å². The Hall–Kier alpha value is -1.19. The van der Waals surface area contributed by atoms with Crippen molar-refractivity contribution in [2.45, 2.75) is 32.9 Å². The van der Waals surface area contributed by atoms with E-state index < -0.39 is 0 Å².